The van der Waals surface area contributed by atoms with Gasteiger partial charge in [-0.3, -0.25) is 4.90 Å². The number of nitrogens with zero attached hydrogens (tertiary/aromatic N) is 1. The minimum Gasteiger partial charge on any atom is -0.494 e. The standard InChI is InChI=1S/C15H15NO/c1-2-15(17)16(13-9-5-3-6-10-13)14-11-7-4-8-12-14/h2-12,17H,1H3/b15-2-. The van der Waals surface area contributed by atoms with Gasteiger partial charge in [-0.1, -0.05) is 36.4 Å². The molecule has 0 atom stereocenters. The van der Waals surface area contributed by atoms with Crippen LogP contribution in [0.4, 0.5) is 11.4 Å². The van der Waals surface area contributed by atoms with E-state index in [4.69, 9.17) is 0 Å². The van der Waals surface area contributed by atoms with Crippen LogP contribution in [0, 0.1) is 0 Å². The van der Waals surface area contributed by atoms with Crippen molar-refractivity contribution in [3.63, 3.8) is 0 Å². The molecule has 2 aromatic rings. The average molecular weight is 225 g/mol. The van der Waals surface area contributed by atoms with E-state index >= 15 is 0 Å². The zero-order valence-electron chi connectivity index (χ0n) is 9.75. The second-order valence-electron chi connectivity index (χ2n) is 3.65. The van der Waals surface area contributed by atoms with Crippen molar-refractivity contribution in [2.45, 2.75) is 6.92 Å². The highest BCUT2D eigenvalue weighted by molar-refractivity contribution is 5.66. The first kappa shape index (κ1) is 11.3. The summed E-state index contributed by atoms with van der Waals surface area (Å²) in [7, 11) is 0. The van der Waals surface area contributed by atoms with Crippen molar-refractivity contribution < 1.29 is 5.11 Å². The maximum atomic E-state index is 10.0. The van der Waals surface area contributed by atoms with Crippen LogP contribution in [-0.2, 0) is 0 Å². The van der Waals surface area contributed by atoms with E-state index in [1.165, 1.54) is 0 Å². The van der Waals surface area contributed by atoms with Crippen LogP contribution < -0.4 is 4.90 Å². The van der Waals surface area contributed by atoms with Gasteiger partial charge in [0.2, 0.25) is 0 Å². The van der Waals surface area contributed by atoms with Gasteiger partial charge in [0.1, 0.15) is 0 Å². The van der Waals surface area contributed by atoms with Crippen LogP contribution in [-0.4, -0.2) is 5.11 Å². The summed E-state index contributed by atoms with van der Waals surface area (Å²) < 4.78 is 0. The maximum Gasteiger partial charge on any atom is 0.191 e. The second kappa shape index (κ2) is 5.21. The van der Waals surface area contributed by atoms with Crippen molar-refractivity contribution in [3.05, 3.63) is 72.6 Å². The summed E-state index contributed by atoms with van der Waals surface area (Å²) in [6.45, 7) is 1.81. The van der Waals surface area contributed by atoms with E-state index in [-0.39, 0.29) is 5.88 Å². The van der Waals surface area contributed by atoms with Crippen LogP contribution in [0.3, 0.4) is 0 Å². The largest absolute Gasteiger partial charge is 0.494 e. The van der Waals surface area contributed by atoms with Crippen LogP contribution in [0.1, 0.15) is 6.92 Å². The number of rotatable bonds is 3. The molecule has 0 aliphatic rings. The average Bonchev–Trinajstić information content (AvgIpc) is 2.41. The molecule has 0 spiro atoms. The number of benzene rings is 2. The molecule has 0 aliphatic heterocycles. The third-order valence-electron chi connectivity index (χ3n) is 2.52. The Morgan fingerprint density at radius 1 is 0.882 bits per heavy atom. The Balaban J connectivity index is 2.47. The van der Waals surface area contributed by atoms with Crippen molar-refractivity contribution in [3.8, 4) is 0 Å². The van der Waals surface area contributed by atoms with Gasteiger partial charge in [0.15, 0.2) is 5.88 Å². The molecule has 2 nitrogen and oxygen atoms in total. The predicted octanol–water partition coefficient (Wildman–Crippen LogP) is 4.24. The molecule has 0 saturated heterocycles. The first-order valence-corrected chi connectivity index (χ1v) is 5.58. The smallest absolute Gasteiger partial charge is 0.191 e. The minimum atomic E-state index is 0.224. The molecule has 0 unspecified atom stereocenters. The van der Waals surface area contributed by atoms with Crippen molar-refractivity contribution in [1.82, 2.24) is 0 Å². The number of allylic oxidation sites excluding steroid dienone is 1. The highest BCUT2D eigenvalue weighted by Gasteiger charge is 2.11. The molecule has 0 bridgehead atoms. The van der Waals surface area contributed by atoms with Crippen LogP contribution in [0.5, 0.6) is 0 Å². The van der Waals surface area contributed by atoms with E-state index in [0.29, 0.717) is 0 Å². The topological polar surface area (TPSA) is 23.5 Å². The fourth-order valence-corrected chi connectivity index (χ4v) is 1.70. The molecule has 0 radical (unpaired) electrons. The lowest BCUT2D eigenvalue weighted by Gasteiger charge is -2.23. The Morgan fingerprint density at radius 3 is 1.65 bits per heavy atom. The summed E-state index contributed by atoms with van der Waals surface area (Å²) in [5, 5.41) is 10.0. The van der Waals surface area contributed by atoms with E-state index < -0.39 is 0 Å². The summed E-state index contributed by atoms with van der Waals surface area (Å²) in [6, 6.07) is 19.6. The lowest BCUT2D eigenvalue weighted by atomic mass is 10.2. The Kier molecular flexibility index (Phi) is 3.46. The summed E-state index contributed by atoms with van der Waals surface area (Å²) in [5.41, 5.74) is 1.88. The zero-order chi connectivity index (χ0) is 12.1. The van der Waals surface area contributed by atoms with E-state index in [9.17, 15) is 5.11 Å². The van der Waals surface area contributed by atoms with E-state index in [2.05, 4.69) is 0 Å². The van der Waals surface area contributed by atoms with Gasteiger partial charge in [-0.2, -0.15) is 0 Å². The van der Waals surface area contributed by atoms with E-state index in [1.54, 1.807) is 11.0 Å². The summed E-state index contributed by atoms with van der Waals surface area (Å²) in [4.78, 5) is 1.81. The Bertz CT molecular complexity index is 451. The molecule has 1 N–H and O–H groups in total. The molecule has 2 rings (SSSR count). The van der Waals surface area contributed by atoms with Crippen LogP contribution in [0.25, 0.3) is 0 Å². The van der Waals surface area contributed by atoms with Gasteiger partial charge in [-0.05, 0) is 37.3 Å². The van der Waals surface area contributed by atoms with Crippen molar-refractivity contribution in [1.29, 1.82) is 0 Å². The minimum absolute atomic E-state index is 0.224. The van der Waals surface area contributed by atoms with E-state index in [0.717, 1.165) is 11.4 Å². The Hall–Kier alpha value is -2.22. The third-order valence-corrected chi connectivity index (χ3v) is 2.52. The molecule has 2 aromatic carbocycles. The first-order chi connectivity index (χ1) is 8.33. The number of anilines is 2. The quantitative estimate of drug-likeness (QED) is 0.789. The van der Waals surface area contributed by atoms with Crippen molar-refractivity contribution in [2.24, 2.45) is 0 Å². The third kappa shape index (κ3) is 2.48. The molecular formula is C15H15NO. The van der Waals surface area contributed by atoms with Gasteiger partial charge in [0, 0.05) is 11.4 Å². The maximum absolute atomic E-state index is 10.0. The summed E-state index contributed by atoms with van der Waals surface area (Å²) in [6.07, 6.45) is 1.68. The highest BCUT2D eigenvalue weighted by atomic mass is 16.3. The van der Waals surface area contributed by atoms with E-state index in [1.807, 2.05) is 67.6 Å². The number of aliphatic hydroxyl groups is 1. The van der Waals surface area contributed by atoms with Crippen molar-refractivity contribution in [2.75, 3.05) is 4.90 Å². The van der Waals surface area contributed by atoms with Crippen LogP contribution >= 0.6 is 0 Å². The second-order valence-corrected chi connectivity index (χ2v) is 3.65. The molecule has 17 heavy (non-hydrogen) atoms. The van der Waals surface area contributed by atoms with Gasteiger partial charge in [0.25, 0.3) is 0 Å². The van der Waals surface area contributed by atoms with Crippen molar-refractivity contribution >= 4 is 11.4 Å². The van der Waals surface area contributed by atoms with Gasteiger partial charge in [-0.15, -0.1) is 0 Å². The lowest BCUT2D eigenvalue weighted by Crippen LogP contribution is -2.15. The number of hydrogen-bond donors (Lipinski definition) is 1. The molecule has 0 aromatic heterocycles. The first-order valence-electron chi connectivity index (χ1n) is 5.58. The predicted molar refractivity (Wildman–Crippen MR) is 71.4 cm³/mol. The number of para-hydroxylation sites is 2. The molecule has 86 valence electrons. The number of aliphatic hydroxyl groups excluding tert-OH is 1. The van der Waals surface area contributed by atoms with Gasteiger partial charge in [-0.25, -0.2) is 0 Å². The molecule has 0 saturated carbocycles. The zero-order valence-corrected chi connectivity index (χ0v) is 9.75. The highest BCUT2D eigenvalue weighted by Crippen LogP contribution is 2.27. The molecular weight excluding hydrogens is 210 g/mol. The molecule has 0 aliphatic carbocycles. The van der Waals surface area contributed by atoms with Crippen LogP contribution in [0.15, 0.2) is 72.6 Å². The fraction of sp³-hybridized carbons (Fsp3) is 0.0667. The molecule has 0 fully saturated rings. The molecule has 0 heterocycles. The van der Waals surface area contributed by atoms with Gasteiger partial charge in [0.05, 0.1) is 0 Å². The SMILES string of the molecule is C/C=C(\O)N(c1ccccc1)c1ccccc1. The molecule has 2 heteroatoms. The summed E-state index contributed by atoms with van der Waals surface area (Å²) >= 11 is 0. The van der Waals surface area contributed by atoms with Gasteiger partial charge < -0.3 is 5.11 Å². The normalized spacial score (nSPS) is 11.2. The fourth-order valence-electron chi connectivity index (χ4n) is 1.70. The molecule has 0 amide bonds. The summed E-state index contributed by atoms with van der Waals surface area (Å²) in [5.74, 6) is 0.224. The lowest BCUT2D eigenvalue weighted by molar-refractivity contribution is 0.401. The Labute approximate surface area is 101 Å². The Morgan fingerprint density at radius 2 is 1.29 bits per heavy atom. The van der Waals surface area contributed by atoms with Crippen LogP contribution in [0.2, 0.25) is 0 Å². The number of hydrogen-bond acceptors (Lipinski definition) is 2. The van der Waals surface area contributed by atoms with Gasteiger partial charge >= 0.3 is 0 Å². The monoisotopic (exact) mass is 225 g/mol.